The Morgan fingerprint density at radius 2 is 0.687 bits per heavy atom. The molecule has 4 fully saturated rings. The first kappa shape index (κ1) is 87.7. The Morgan fingerprint density at radius 3 is 1.07 bits per heavy atom. The summed E-state index contributed by atoms with van der Waals surface area (Å²) in [6, 6.07) is 31.2. The van der Waals surface area contributed by atoms with Crippen molar-refractivity contribution in [3.8, 4) is 29.0 Å². The van der Waals surface area contributed by atoms with Crippen LogP contribution in [0.5, 0.6) is 0 Å². The van der Waals surface area contributed by atoms with Crippen molar-refractivity contribution in [2.45, 2.75) is 32.4 Å². The van der Waals surface area contributed by atoms with Gasteiger partial charge in [-0.25, -0.2) is 61.2 Å². The van der Waals surface area contributed by atoms with Crippen LogP contribution < -0.4 is 9.80 Å². The van der Waals surface area contributed by atoms with Gasteiger partial charge < -0.3 is 49.3 Å². The minimum absolute atomic E-state index is 0.00809. The molecule has 0 atom stereocenters. The quantitative estimate of drug-likeness (QED) is 0.0367. The molecule has 678 valence electrons. The Morgan fingerprint density at radius 1 is 0.328 bits per heavy atom. The van der Waals surface area contributed by atoms with Gasteiger partial charge in [0, 0.05) is 155 Å². The minimum Gasteiger partial charge on any atom is -0.357 e. The number of pyridine rings is 6. The van der Waals surface area contributed by atoms with Gasteiger partial charge in [-0.3, -0.25) is 53.1 Å². The number of fused-ring (bicyclic) bond motifs is 4. The Labute approximate surface area is 756 Å². The monoisotopic (exact) mass is 1820 g/mol. The Hall–Kier alpha value is -17.0. The molecule has 17 aromatic rings. The van der Waals surface area contributed by atoms with Crippen molar-refractivity contribution in [3.63, 3.8) is 0 Å². The first-order valence-corrected chi connectivity index (χ1v) is 42.7. The number of anilines is 2. The average Bonchev–Trinajstić information content (AvgIpc) is 1.63. The molecule has 45 heteroatoms. The van der Waals surface area contributed by atoms with Crippen molar-refractivity contribution in [2.75, 3.05) is 115 Å². The summed E-state index contributed by atoms with van der Waals surface area (Å²) in [7, 11) is 0. The molecule has 0 aliphatic carbocycles. The fraction of sp³-hybridized carbons (Fsp3) is 0.236. The largest absolute Gasteiger partial charge is 0.357 e. The molecule has 0 bridgehead atoms. The lowest BCUT2D eigenvalue weighted by molar-refractivity contribution is -0.128. The molecule has 4 N–H and O–H groups in total. The van der Waals surface area contributed by atoms with Gasteiger partial charge in [-0.1, -0.05) is 81.5 Å². The third-order valence-electron chi connectivity index (χ3n) is 23.1. The van der Waals surface area contributed by atoms with E-state index >= 15 is 0 Å². The molecule has 0 saturated carbocycles. The number of hydrogen-bond acceptors (Lipinski definition) is 28. The van der Waals surface area contributed by atoms with E-state index in [1.54, 1.807) is 46.8 Å². The number of carbonyl (C=O) groups is 8. The molecule has 134 heavy (non-hydrogen) atoms. The number of halogens is 4. The summed E-state index contributed by atoms with van der Waals surface area (Å²) in [5, 5.41) is 34.8. The summed E-state index contributed by atoms with van der Waals surface area (Å²) in [5.41, 5.74) is 3.99. The second kappa shape index (κ2) is 39.5. The summed E-state index contributed by atoms with van der Waals surface area (Å²) in [6.07, 6.45) is 28.5. The van der Waals surface area contributed by atoms with E-state index in [4.69, 9.17) is 0 Å². The molecule has 2 aromatic carbocycles. The van der Waals surface area contributed by atoms with Crippen molar-refractivity contribution in [2.24, 2.45) is 0 Å². The van der Waals surface area contributed by atoms with Crippen molar-refractivity contribution in [1.29, 1.82) is 0 Å². The fourth-order valence-corrected chi connectivity index (χ4v) is 16.5. The van der Waals surface area contributed by atoms with E-state index in [0.717, 1.165) is 68.0 Å². The molecule has 21 rings (SSSR count). The standard InChI is InChI=1S/C24H21FN10O2.C23H22FN7O2.2C21H19FN8O2/c25-18-14-27-22(34-10-7-29-31-34)20-19(18)17(13-26-20)21(36)23(37)32-8-4-9-33(12-11-32)24-28-15-30-35(24)16-5-2-1-3-6-16;24-18-14-26-22(31-10-7-27-28-31)20-19(18)17(13-25-20)21(32)23(33)30-9-4-8-29(11-12-30)15-16-5-2-1-3-6-16;22-15-13-25-20(30-9-6-26-27-30)18-17(15)14(12-24-18)19(31)21(32)29-8-3-7-28(10-11-29)16-4-1-2-5-23-16;22-16-12-25-20(30-6-5-26-27-30)18-17(16)15(11-24-18)19(31)21(32)29-9-7-28(8-10-29)13-14-3-1-2-4-23-14/h1-3,5-7,10,13-15,26H,4,8-9,11-12H2;1-3,5-7,10,13-14,25H,4,8-9,11-12,15H2;1-2,4-6,9,12-13,24H,3,7-8,10-11H2;1-6,11-12,24H,7-10,13H2. The molecule has 4 amide bonds. The molecular weight excluding hydrogens is 1740 g/mol. The molecule has 0 spiro atoms. The molecule has 4 aliphatic heterocycles. The number of nitrogens with zero attached hydrogens (tertiary/aromatic N) is 29. The van der Waals surface area contributed by atoms with Crippen LogP contribution in [0.15, 0.2) is 215 Å². The van der Waals surface area contributed by atoms with Gasteiger partial charge >= 0.3 is 0 Å². The first-order valence-electron chi connectivity index (χ1n) is 42.7. The summed E-state index contributed by atoms with van der Waals surface area (Å²) in [4.78, 5) is 160. The van der Waals surface area contributed by atoms with E-state index in [0.29, 0.717) is 123 Å². The van der Waals surface area contributed by atoms with Crippen LogP contribution in [0.25, 0.3) is 72.6 Å². The van der Waals surface area contributed by atoms with Gasteiger partial charge in [0.2, 0.25) is 5.95 Å². The SMILES string of the molecule is O=C(C(=O)N1CCCN(Cc2ccccc2)CC1)c1c[nH]c2c(-n3ccnn3)ncc(F)c12.O=C(C(=O)N1CCCN(c2ccccn2)CC1)c1c[nH]c2c(-n3ccnn3)ncc(F)c12.O=C(C(=O)N1CCCN(c2ncnn2-c2ccccc2)CC1)c1c[nH]c2c(-n3ccnn3)ncc(F)c12.O=C(C(=O)N1CCN(Cc2ccccn2)CC1)c1c[nH]c2c(-n3ccnn3)ncc(F)c12. The van der Waals surface area contributed by atoms with Crippen molar-refractivity contribution >= 4 is 102 Å². The highest BCUT2D eigenvalue weighted by atomic mass is 19.1. The van der Waals surface area contributed by atoms with Gasteiger partial charge in [0.25, 0.3) is 46.8 Å². The number of para-hydroxylation sites is 1. The smallest absolute Gasteiger partial charge is 0.295 e. The van der Waals surface area contributed by atoms with Crippen LogP contribution in [0, 0.1) is 23.3 Å². The van der Waals surface area contributed by atoms with Gasteiger partial charge in [-0.05, 0) is 61.2 Å². The molecule has 4 aliphatic rings. The van der Waals surface area contributed by atoms with Crippen molar-refractivity contribution in [3.05, 3.63) is 272 Å². The van der Waals surface area contributed by atoms with Crippen LogP contribution in [0.4, 0.5) is 29.3 Å². The molecule has 0 unspecified atom stereocenters. The molecule has 15 aromatic heterocycles. The average molecular weight is 1820 g/mol. The van der Waals surface area contributed by atoms with E-state index in [-0.39, 0.29) is 83.3 Å². The van der Waals surface area contributed by atoms with Gasteiger partial charge in [0.05, 0.1) is 152 Å². The molecule has 4 saturated heterocycles. The maximum atomic E-state index is 14.8. The maximum Gasteiger partial charge on any atom is 0.295 e. The second-order valence-electron chi connectivity index (χ2n) is 31.3. The Kier molecular flexibility index (Phi) is 25.9. The predicted octanol–water partition coefficient (Wildman–Crippen LogP) is 6.79. The lowest BCUT2D eigenvalue weighted by Crippen LogP contribution is -2.50. The fourth-order valence-electron chi connectivity index (χ4n) is 16.5. The number of nitrogens with one attached hydrogen (secondary N) is 4. The number of aromatic amines is 4. The van der Waals surface area contributed by atoms with E-state index in [9.17, 15) is 55.9 Å². The summed E-state index contributed by atoms with van der Waals surface area (Å²) in [6.45, 7) is 9.85. The highest BCUT2D eigenvalue weighted by molar-refractivity contribution is 6.47. The maximum absolute atomic E-state index is 14.8. The van der Waals surface area contributed by atoms with Crippen LogP contribution in [-0.4, -0.2) is 305 Å². The van der Waals surface area contributed by atoms with Gasteiger partial charge in [-0.2, -0.15) is 14.8 Å². The zero-order valence-electron chi connectivity index (χ0n) is 71.3. The minimum atomic E-state index is -0.790. The normalized spacial score (nSPS) is 14.6. The number of rotatable bonds is 19. The number of aromatic nitrogens is 25. The zero-order chi connectivity index (χ0) is 92.3. The van der Waals surface area contributed by atoms with Gasteiger partial charge in [0.15, 0.2) is 46.5 Å². The number of piperazine rings is 1. The number of ketones is 4. The molecule has 19 heterocycles. The van der Waals surface area contributed by atoms with Crippen LogP contribution in [-0.2, 0) is 32.3 Å². The van der Waals surface area contributed by atoms with E-state index in [1.165, 1.54) is 94.9 Å². The number of benzene rings is 2. The lowest BCUT2D eigenvalue weighted by Gasteiger charge is -2.34. The second-order valence-corrected chi connectivity index (χ2v) is 31.3. The third-order valence-corrected chi connectivity index (χ3v) is 23.1. The van der Waals surface area contributed by atoms with E-state index in [2.05, 4.69) is 128 Å². The number of Topliss-reactive ketones (excluding diaryl/α,β-unsaturated/α-hetero) is 4. The summed E-state index contributed by atoms with van der Waals surface area (Å²) in [5.74, 6) is -5.84. The Bertz CT molecular complexity index is 7080. The van der Waals surface area contributed by atoms with Crippen molar-refractivity contribution < 1.29 is 55.9 Å². The highest BCUT2D eigenvalue weighted by Gasteiger charge is 2.36. The molecular formula is C89H81F4N33O8. The van der Waals surface area contributed by atoms with E-state index < -0.39 is 70.0 Å². The molecule has 41 nitrogen and oxygen atoms in total. The van der Waals surface area contributed by atoms with E-state index in [1.807, 2.05) is 89.8 Å². The predicted molar refractivity (Wildman–Crippen MR) is 473 cm³/mol. The van der Waals surface area contributed by atoms with Gasteiger partial charge in [-0.15, -0.1) is 20.4 Å². The molecule has 0 radical (unpaired) electrons. The highest BCUT2D eigenvalue weighted by Crippen LogP contribution is 2.33. The Balaban J connectivity index is 0.000000120. The number of amides is 4. The van der Waals surface area contributed by atoms with Crippen LogP contribution >= 0.6 is 0 Å². The topological polar surface area (TPSA) is 457 Å². The number of hydrogen-bond donors (Lipinski definition) is 4. The van der Waals surface area contributed by atoms with Gasteiger partial charge in [0.1, 0.15) is 12.1 Å². The lowest BCUT2D eigenvalue weighted by atomic mass is 10.1. The first-order chi connectivity index (χ1) is 65.5. The van der Waals surface area contributed by atoms with Crippen molar-refractivity contribution in [1.82, 2.24) is 154 Å². The summed E-state index contributed by atoms with van der Waals surface area (Å²) >= 11 is 0. The van der Waals surface area contributed by atoms with Crippen LogP contribution in [0.2, 0.25) is 0 Å². The van der Waals surface area contributed by atoms with Crippen LogP contribution in [0.3, 0.4) is 0 Å². The zero-order valence-corrected chi connectivity index (χ0v) is 71.3. The van der Waals surface area contributed by atoms with Crippen LogP contribution in [0.1, 0.15) is 72.0 Å². The third kappa shape index (κ3) is 18.5. The summed E-state index contributed by atoms with van der Waals surface area (Å²) < 4.78 is 65.9. The number of carbonyl (C=O) groups excluding carboxylic acids is 8. The number of H-pyrrole nitrogens is 4.